The van der Waals surface area contributed by atoms with Crippen LogP contribution in [0.4, 0.5) is 0 Å². The smallest absolute Gasteiger partial charge is 0.230 e. The number of nitrogens with zero attached hydrogens (tertiary/aromatic N) is 6. The normalized spacial score (nSPS) is 22.9. The lowest BCUT2D eigenvalue weighted by atomic mass is 9.78. The molecule has 1 spiro atoms. The summed E-state index contributed by atoms with van der Waals surface area (Å²) in [5, 5.41) is 11.3. The molecule has 2 aliphatic rings. The third-order valence-electron chi connectivity index (χ3n) is 6.53. The Balaban J connectivity index is 1.33. The van der Waals surface area contributed by atoms with Crippen LogP contribution in [-0.2, 0) is 17.9 Å². The Kier molecular flexibility index (Phi) is 5.94. The number of aromatic nitrogens is 4. The first-order valence-electron chi connectivity index (χ1n) is 10.9. The van der Waals surface area contributed by atoms with Crippen LogP contribution in [0.5, 0.6) is 0 Å². The van der Waals surface area contributed by atoms with Crippen molar-refractivity contribution in [2.24, 2.45) is 5.41 Å². The number of carbonyl (C=O) groups is 1. The Morgan fingerprint density at radius 1 is 1.10 bits per heavy atom. The number of amides is 1. The van der Waals surface area contributed by atoms with Gasteiger partial charge in [0.05, 0.1) is 5.41 Å². The Bertz CT molecular complexity index is 803. The molecule has 1 aromatic carbocycles. The molecule has 7 heteroatoms. The molecule has 2 fully saturated rings. The number of hydrogen-bond acceptors (Lipinski definition) is 5. The summed E-state index contributed by atoms with van der Waals surface area (Å²) >= 11 is 0. The lowest BCUT2D eigenvalue weighted by molar-refractivity contribution is -0.146. The second-order valence-electron chi connectivity index (χ2n) is 8.96. The van der Waals surface area contributed by atoms with Crippen LogP contribution >= 0.6 is 0 Å². The summed E-state index contributed by atoms with van der Waals surface area (Å²) in [4.78, 5) is 17.9. The average Bonchev–Trinajstić information content (AvgIpc) is 3.37. The molecular formula is C22H32N6O. The molecule has 0 saturated carbocycles. The van der Waals surface area contributed by atoms with Crippen molar-refractivity contribution in [1.82, 2.24) is 30.0 Å². The number of likely N-dealkylation sites (tertiary alicyclic amines) is 2. The molecule has 1 aromatic heterocycles. The van der Waals surface area contributed by atoms with Gasteiger partial charge in [0.15, 0.2) is 0 Å². The van der Waals surface area contributed by atoms with Gasteiger partial charge < -0.3 is 9.80 Å². The van der Waals surface area contributed by atoms with E-state index in [-0.39, 0.29) is 5.41 Å². The molecule has 0 aliphatic carbocycles. The molecule has 29 heavy (non-hydrogen) atoms. The van der Waals surface area contributed by atoms with Gasteiger partial charge in [0.2, 0.25) is 5.91 Å². The fourth-order valence-corrected chi connectivity index (χ4v) is 4.80. The Labute approximate surface area is 173 Å². The first kappa shape index (κ1) is 20.0. The zero-order valence-electron chi connectivity index (χ0n) is 17.6. The van der Waals surface area contributed by atoms with Gasteiger partial charge in [-0.05, 0) is 66.2 Å². The van der Waals surface area contributed by atoms with Gasteiger partial charge in [-0.15, -0.1) is 5.10 Å². The summed E-state index contributed by atoms with van der Waals surface area (Å²) in [5.74, 6) is 0.897. The molecule has 0 N–H and O–H groups in total. The van der Waals surface area contributed by atoms with Crippen LogP contribution in [-0.4, -0.2) is 62.1 Å². The fraction of sp³-hybridized carbons (Fsp3) is 0.636. The minimum atomic E-state index is -0.176. The van der Waals surface area contributed by atoms with Crippen LogP contribution in [0.1, 0.15) is 56.6 Å². The van der Waals surface area contributed by atoms with Gasteiger partial charge in [0.25, 0.3) is 0 Å². The van der Waals surface area contributed by atoms with Crippen molar-refractivity contribution >= 4 is 5.91 Å². The summed E-state index contributed by atoms with van der Waals surface area (Å²) in [6.45, 7) is 9.75. The van der Waals surface area contributed by atoms with Gasteiger partial charge in [-0.3, -0.25) is 4.79 Å². The van der Waals surface area contributed by atoms with E-state index in [1.165, 1.54) is 11.1 Å². The van der Waals surface area contributed by atoms with Crippen molar-refractivity contribution in [2.75, 3.05) is 26.2 Å². The lowest BCUT2D eigenvalue weighted by Crippen LogP contribution is -2.49. The summed E-state index contributed by atoms with van der Waals surface area (Å²) in [5.41, 5.74) is 2.41. The first-order valence-corrected chi connectivity index (χ1v) is 10.9. The van der Waals surface area contributed by atoms with Crippen LogP contribution in [0.2, 0.25) is 0 Å². The molecule has 3 heterocycles. The number of benzene rings is 1. The van der Waals surface area contributed by atoms with E-state index in [1.54, 1.807) is 11.0 Å². The molecule has 1 unspecified atom stereocenters. The molecular weight excluding hydrogens is 364 g/mol. The molecule has 2 aromatic rings. The summed E-state index contributed by atoms with van der Waals surface area (Å²) in [7, 11) is 0. The molecule has 7 nitrogen and oxygen atoms in total. The number of piperidine rings is 1. The minimum absolute atomic E-state index is 0.176. The van der Waals surface area contributed by atoms with Crippen molar-refractivity contribution in [3.05, 3.63) is 41.7 Å². The highest BCUT2D eigenvalue weighted by molar-refractivity contribution is 5.84. The van der Waals surface area contributed by atoms with Crippen LogP contribution in [0, 0.1) is 5.41 Å². The van der Waals surface area contributed by atoms with E-state index in [9.17, 15) is 4.79 Å². The first-order chi connectivity index (χ1) is 14.1. The zero-order valence-corrected chi connectivity index (χ0v) is 17.6. The van der Waals surface area contributed by atoms with Gasteiger partial charge in [-0.1, -0.05) is 38.1 Å². The second kappa shape index (κ2) is 8.61. The molecule has 156 valence electrons. The van der Waals surface area contributed by atoms with Gasteiger partial charge in [0, 0.05) is 26.2 Å². The Morgan fingerprint density at radius 2 is 1.93 bits per heavy atom. The van der Waals surface area contributed by atoms with Crippen LogP contribution < -0.4 is 0 Å². The highest BCUT2D eigenvalue weighted by Crippen LogP contribution is 2.40. The van der Waals surface area contributed by atoms with Gasteiger partial charge in [-0.25, -0.2) is 4.68 Å². The van der Waals surface area contributed by atoms with E-state index in [0.29, 0.717) is 11.8 Å². The third-order valence-corrected chi connectivity index (χ3v) is 6.53. The topological polar surface area (TPSA) is 67.2 Å². The highest BCUT2D eigenvalue weighted by Gasteiger charge is 2.47. The SMILES string of the molecule is CC(C)c1ccc(CN2CCCC3(CCN(CCCn4cnnn4)C3)C2=O)cc1. The number of tetrazole rings is 1. The van der Waals surface area contributed by atoms with Crippen LogP contribution in [0.3, 0.4) is 0 Å². The van der Waals surface area contributed by atoms with Crippen molar-refractivity contribution in [3.8, 4) is 0 Å². The molecule has 0 bridgehead atoms. The maximum atomic E-state index is 13.4. The van der Waals surface area contributed by atoms with Crippen molar-refractivity contribution in [2.45, 2.75) is 58.5 Å². The van der Waals surface area contributed by atoms with Crippen molar-refractivity contribution in [1.29, 1.82) is 0 Å². The van der Waals surface area contributed by atoms with Crippen LogP contribution in [0.15, 0.2) is 30.6 Å². The molecule has 2 aliphatic heterocycles. The Hall–Kier alpha value is -2.28. The van der Waals surface area contributed by atoms with E-state index in [0.717, 1.165) is 65.0 Å². The maximum Gasteiger partial charge on any atom is 0.230 e. The van der Waals surface area contributed by atoms with Gasteiger partial charge >= 0.3 is 0 Å². The highest BCUT2D eigenvalue weighted by atomic mass is 16.2. The Morgan fingerprint density at radius 3 is 2.66 bits per heavy atom. The predicted octanol–water partition coefficient (Wildman–Crippen LogP) is 2.70. The summed E-state index contributed by atoms with van der Waals surface area (Å²) in [6, 6.07) is 8.77. The number of carbonyl (C=O) groups excluding carboxylic acids is 1. The monoisotopic (exact) mass is 396 g/mol. The van der Waals surface area contributed by atoms with E-state index in [1.807, 2.05) is 0 Å². The molecule has 1 atom stereocenters. The maximum absolute atomic E-state index is 13.4. The molecule has 4 rings (SSSR count). The standard InChI is InChI=1S/C22H32N6O/c1-18(2)20-7-5-19(6-8-20)15-27-12-3-9-22(21(27)29)10-14-26(16-22)11-4-13-28-17-23-24-25-28/h5-8,17-18H,3-4,9-16H2,1-2H3. The molecule has 2 saturated heterocycles. The van der Waals surface area contributed by atoms with E-state index < -0.39 is 0 Å². The van der Waals surface area contributed by atoms with Crippen molar-refractivity contribution in [3.63, 3.8) is 0 Å². The van der Waals surface area contributed by atoms with Gasteiger partial charge in [0.1, 0.15) is 6.33 Å². The zero-order chi connectivity index (χ0) is 20.3. The summed E-state index contributed by atoms with van der Waals surface area (Å²) < 4.78 is 1.77. The minimum Gasteiger partial charge on any atom is -0.338 e. The number of aryl methyl sites for hydroxylation is 1. The van der Waals surface area contributed by atoms with Crippen molar-refractivity contribution < 1.29 is 4.79 Å². The predicted molar refractivity (Wildman–Crippen MR) is 111 cm³/mol. The van der Waals surface area contributed by atoms with Gasteiger partial charge in [-0.2, -0.15) is 0 Å². The quantitative estimate of drug-likeness (QED) is 0.720. The van der Waals surface area contributed by atoms with E-state index in [2.05, 4.69) is 63.4 Å². The lowest BCUT2D eigenvalue weighted by Gasteiger charge is -2.39. The third kappa shape index (κ3) is 4.50. The largest absolute Gasteiger partial charge is 0.338 e. The molecule has 1 amide bonds. The fourth-order valence-electron chi connectivity index (χ4n) is 4.80. The molecule has 0 radical (unpaired) electrons. The average molecular weight is 397 g/mol. The van der Waals surface area contributed by atoms with E-state index >= 15 is 0 Å². The van der Waals surface area contributed by atoms with Crippen LogP contribution in [0.25, 0.3) is 0 Å². The number of hydrogen-bond donors (Lipinski definition) is 0. The number of rotatable bonds is 7. The van der Waals surface area contributed by atoms with E-state index in [4.69, 9.17) is 0 Å². The summed E-state index contributed by atoms with van der Waals surface area (Å²) in [6.07, 6.45) is 5.77. The second-order valence-corrected chi connectivity index (χ2v) is 8.96.